The zero-order valence-corrected chi connectivity index (χ0v) is 92.1. The Morgan fingerprint density at radius 1 is 0.235 bits per heavy atom. The van der Waals surface area contributed by atoms with Crippen LogP contribution in [-0.4, -0.2) is 0 Å². The highest BCUT2D eigenvalue weighted by Gasteiger charge is 2.41. The summed E-state index contributed by atoms with van der Waals surface area (Å²) < 4.78 is 0. The van der Waals surface area contributed by atoms with Crippen molar-refractivity contribution in [3.63, 3.8) is 0 Å². The summed E-state index contributed by atoms with van der Waals surface area (Å²) in [5.41, 5.74) is 6.10. The first kappa shape index (κ1) is 114. The van der Waals surface area contributed by atoms with E-state index in [9.17, 15) is 0 Å². The van der Waals surface area contributed by atoms with Crippen molar-refractivity contribution in [2.45, 2.75) is 629 Å². The zero-order valence-electron chi connectivity index (χ0n) is 92.1. The number of hydrogen-bond acceptors (Lipinski definition) is 0. The van der Waals surface area contributed by atoms with E-state index in [0.717, 1.165) is 134 Å². The predicted octanol–water partition coefficient (Wildman–Crippen LogP) is 44.5. The molecule has 12 aliphatic carbocycles. The van der Waals surface area contributed by atoms with Crippen LogP contribution in [-0.2, 0) is 12.8 Å². The Morgan fingerprint density at radius 2 is 0.492 bits per heavy atom. The summed E-state index contributed by atoms with van der Waals surface area (Å²) in [7, 11) is 0. The molecule has 2 aromatic carbocycles. The van der Waals surface area contributed by atoms with E-state index in [1.165, 1.54) is 443 Å². The molecule has 0 saturated heterocycles. The van der Waals surface area contributed by atoms with Crippen LogP contribution in [0.1, 0.15) is 628 Å². The molecule has 132 heavy (non-hydrogen) atoms. The quantitative estimate of drug-likeness (QED) is 0.0579. The van der Waals surface area contributed by atoms with Crippen LogP contribution >= 0.6 is 0 Å². The second-order valence-corrected chi connectivity index (χ2v) is 52.6. The lowest BCUT2D eigenvalue weighted by molar-refractivity contribution is 0.168. The van der Waals surface area contributed by atoms with Crippen molar-refractivity contribution in [2.75, 3.05) is 0 Å². The maximum absolute atomic E-state index is 2.53. The highest BCUT2D eigenvalue weighted by Crippen LogP contribution is 2.54. The molecular weight excluding hydrogens is 1590 g/mol. The van der Waals surface area contributed by atoms with Gasteiger partial charge in [-0.05, 0) is 319 Å². The zero-order chi connectivity index (χ0) is 93.6. The lowest BCUT2D eigenvalue weighted by atomic mass is 9.71. The molecule has 0 aliphatic heterocycles. The molecule has 14 rings (SSSR count). The van der Waals surface area contributed by atoms with Crippen LogP contribution in [0.25, 0.3) is 0 Å². The first-order valence-electron chi connectivity index (χ1n) is 62.4. The van der Waals surface area contributed by atoms with Gasteiger partial charge in [-0.25, -0.2) is 0 Å². The molecule has 0 bridgehead atoms. The van der Waals surface area contributed by atoms with Crippen LogP contribution in [0.5, 0.6) is 0 Å². The van der Waals surface area contributed by atoms with Gasteiger partial charge < -0.3 is 0 Å². The van der Waals surface area contributed by atoms with E-state index in [2.05, 4.69) is 151 Å². The third kappa shape index (κ3) is 44.9. The van der Waals surface area contributed by atoms with Gasteiger partial charge in [0.25, 0.3) is 0 Å². The minimum absolute atomic E-state index is 0.721. The van der Waals surface area contributed by atoms with Gasteiger partial charge in [0.2, 0.25) is 0 Å². The SMILES string of the molecule is CC1(CC2(C)CCCC2)CCCC1.CC1CCC(CC2CCC(C)C2C)C1.CC1CCC(CC2CCC(C)C2C)C1C.CCCCC1(CCCCCCCCCC2(CCCC)CCCC2)CCCC1.CCCCC1CCC(CCCCCCCCCC2CCC(CCCC)C2)C1.c1ccc(CC2CCC(CCCCCCCCCCCCC3CCC(Cc4ccccc4)C3)C2)cc1. The number of hydrogen-bond donors (Lipinski definition) is 0. The fourth-order valence-corrected chi connectivity index (χ4v) is 31.7. The van der Waals surface area contributed by atoms with Crippen LogP contribution in [0.15, 0.2) is 60.7 Å². The molecule has 764 valence electrons. The Balaban J connectivity index is 0.000000185. The summed E-state index contributed by atoms with van der Waals surface area (Å²) in [4.78, 5) is 0. The number of unbranched alkanes of at least 4 members (excludes halogenated alkanes) is 25. The summed E-state index contributed by atoms with van der Waals surface area (Å²) in [6, 6.07) is 22.3. The molecule has 0 amide bonds. The molecule has 19 unspecified atom stereocenters. The molecule has 12 saturated carbocycles. The van der Waals surface area contributed by atoms with E-state index in [-0.39, 0.29) is 0 Å². The molecule has 0 heteroatoms. The summed E-state index contributed by atoms with van der Waals surface area (Å²) >= 11 is 0. The molecule has 19 atom stereocenters. The molecule has 2 aromatic rings. The molecule has 0 heterocycles. The van der Waals surface area contributed by atoms with E-state index in [1.54, 1.807) is 107 Å². The number of rotatable bonds is 55. The summed E-state index contributed by atoms with van der Waals surface area (Å²) in [6.45, 7) is 31.7. The normalized spacial score (nSPS) is 30.6. The van der Waals surface area contributed by atoms with Crippen molar-refractivity contribution < 1.29 is 0 Å². The van der Waals surface area contributed by atoms with Crippen LogP contribution in [0.2, 0.25) is 0 Å². The molecule has 12 fully saturated rings. The molecule has 0 radical (unpaired) electrons. The minimum atomic E-state index is 0.721. The molecule has 0 nitrogen and oxygen atoms in total. The predicted molar refractivity (Wildman–Crippen MR) is 589 cm³/mol. The van der Waals surface area contributed by atoms with Crippen molar-refractivity contribution in [1.82, 2.24) is 0 Å². The number of benzene rings is 2. The van der Waals surface area contributed by atoms with Gasteiger partial charge in [-0.2, -0.15) is 0 Å². The van der Waals surface area contributed by atoms with E-state index in [0.29, 0.717) is 0 Å². The maximum Gasteiger partial charge on any atom is -0.0250 e. The van der Waals surface area contributed by atoms with Crippen molar-refractivity contribution in [2.24, 2.45) is 134 Å². The van der Waals surface area contributed by atoms with E-state index in [1.807, 2.05) is 0 Å². The van der Waals surface area contributed by atoms with Gasteiger partial charge in [-0.1, -0.05) is 517 Å². The van der Waals surface area contributed by atoms with Gasteiger partial charge in [0.1, 0.15) is 0 Å². The van der Waals surface area contributed by atoms with E-state index in [4.69, 9.17) is 0 Å². The summed E-state index contributed by atoms with van der Waals surface area (Å²) in [5, 5.41) is 0. The standard InChI is InChI=1S/C36H54.2C27H52.C15H28.C14H26.C13H24/c1(3-5-7-11-21-33-23-25-35(29-33)27-31-17-13-9-14-18-31)2-4-6-8-12-22-34-24-26-36(30-34)28-32-19-15-10-16-20-32;1-3-5-18-26(22-14-15-23-26)20-12-10-8-7-9-11-13-21-27(19-6-4-2)24-16-17-25-27;1-3-5-14-24-18-20-26(22-24)16-12-10-8-7-9-11-13-17-27-21-19-25(23-27)15-6-4-2;1-10-5-7-14(12(10)3)9-15-8-6-11(2)13(15)4;1-10-4-6-13(8-10)9-14-7-5-11(2)12(14)3;1-12(7-3-4-8-12)11-13(2)9-5-6-10-13/h9-10,13-20,33-36H,1-8,11-12,21-30H2;3-25H2,1-2H3;24-27H,3-23H2,1-2H3;10-15H,5-9H2,1-4H3;10-14H,4-9H2,1-3H3;3-11H2,1-2H3. The van der Waals surface area contributed by atoms with Gasteiger partial charge in [0.05, 0.1) is 0 Å². The fourth-order valence-electron chi connectivity index (χ4n) is 31.7. The highest BCUT2D eigenvalue weighted by molar-refractivity contribution is 5.17. The monoisotopic (exact) mass is 1820 g/mol. The Kier molecular flexibility index (Phi) is 57.3. The van der Waals surface area contributed by atoms with Crippen LogP contribution < -0.4 is 0 Å². The van der Waals surface area contributed by atoms with Crippen molar-refractivity contribution >= 4 is 0 Å². The van der Waals surface area contributed by atoms with Gasteiger partial charge in [-0.15, -0.1) is 0 Å². The third-order valence-electron chi connectivity index (χ3n) is 41.3. The van der Waals surface area contributed by atoms with Gasteiger partial charge in [0, 0.05) is 0 Å². The molecule has 0 spiro atoms. The van der Waals surface area contributed by atoms with Crippen molar-refractivity contribution in [1.29, 1.82) is 0 Å². The highest BCUT2D eigenvalue weighted by atomic mass is 14.5. The van der Waals surface area contributed by atoms with Gasteiger partial charge in [0.15, 0.2) is 0 Å². The first-order chi connectivity index (χ1) is 64.3. The van der Waals surface area contributed by atoms with Gasteiger partial charge in [-0.3, -0.25) is 0 Å². The second kappa shape index (κ2) is 66.3. The average Bonchev–Trinajstić information content (AvgIpc) is 1.62. The molecular formula is C132H236. The maximum atomic E-state index is 2.53. The first-order valence-corrected chi connectivity index (χ1v) is 62.4. The van der Waals surface area contributed by atoms with E-state index < -0.39 is 0 Å². The third-order valence-corrected chi connectivity index (χ3v) is 41.3. The van der Waals surface area contributed by atoms with Gasteiger partial charge >= 0.3 is 0 Å². The Bertz CT molecular complexity index is 2840. The summed E-state index contributed by atoms with van der Waals surface area (Å²) in [6.07, 6.45) is 126. The molecule has 0 aromatic heterocycles. The molecule has 12 aliphatic rings. The lowest BCUT2D eigenvalue weighted by Crippen LogP contribution is -2.23. The summed E-state index contributed by atoms with van der Waals surface area (Å²) in [5.74, 6) is 19.6. The Hall–Kier alpha value is -1.56. The van der Waals surface area contributed by atoms with Crippen molar-refractivity contribution in [3.05, 3.63) is 71.8 Å². The topological polar surface area (TPSA) is 0 Å². The minimum Gasteiger partial charge on any atom is -0.0654 e. The average molecular weight is 1820 g/mol. The van der Waals surface area contributed by atoms with Crippen LogP contribution in [0.3, 0.4) is 0 Å². The van der Waals surface area contributed by atoms with E-state index >= 15 is 0 Å². The lowest BCUT2D eigenvalue weighted by Gasteiger charge is -2.34. The second-order valence-electron chi connectivity index (χ2n) is 52.6. The largest absolute Gasteiger partial charge is 0.0654 e. The fraction of sp³-hybridized carbons (Fsp3) is 0.909. The van der Waals surface area contributed by atoms with Crippen LogP contribution in [0.4, 0.5) is 0 Å². The van der Waals surface area contributed by atoms with Crippen molar-refractivity contribution in [3.8, 4) is 0 Å². The molecule has 0 N–H and O–H groups in total. The van der Waals surface area contributed by atoms with Crippen LogP contribution in [0, 0.1) is 134 Å². The Labute approximate surface area is 829 Å². The smallest absolute Gasteiger partial charge is 0.0250 e. The Morgan fingerprint density at radius 3 is 0.780 bits per heavy atom.